The minimum atomic E-state index is -2.24. The summed E-state index contributed by atoms with van der Waals surface area (Å²) in [7, 11) is 0. The fraction of sp³-hybridized carbons (Fsp3) is 1.00. The quantitative estimate of drug-likeness (QED) is 0.573. The molecule has 48 valence electrons. The Bertz CT molecular complexity index is 74.5. The molecule has 0 spiro atoms. The van der Waals surface area contributed by atoms with Gasteiger partial charge in [0.1, 0.15) is 0 Å². The van der Waals surface area contributed by atoms with Crippen LogP contribution >= 0.6 is 0 Å². The molecular weight excluding hydrogens is 211 g/mol. The van der Waals surface area contributed by atoms with E-state index < -0.39 is 19.2 Å². The van der Waals surface area contributed by atoms with E-state index in [0.717, 1.165) is 19.6 Å². The van der Waals surface area contributed by atoms with Crippen molar-refractivity contribution < 1.29 is 6.15 Å². The van der Waals surface area contributed by atoms with Gasteiger partial charge in [-0.2, -0.15) is 0 Å². The van der Waals surface area contributed by atoms with Gasteiger partial charge in [-0.25, -0.2) is 0 Å². The number of hydrogen-bond acceptors (Lipinski definition) is 2. The van der Waals surface area contributed by atoms with Crippen LogP contribution < -0.4 is 0 Å². The minimum absolute atomic E-state index is 0.934. The fourth-order valence-electron chi connectivity index (χ4n) is 0.737. The summed E-state index contributed by atoms with van der Waals surface area (Å²) >= 11 is -2.24. The van der Waals surface area contributed by atoms with Crippen molar-refractivity contribution in [3.63, 3.8) is 0 Å². The van der Waals surface area contributed by atoms with Crippen LogP contribution in [0.4, 0.5) is 0 Å². The molecule has 1 heterocycles. The van der Waals surface area contributed by atoms with E-state index in [9.17, 15) is 0 Å². The van der Waals surface area contributed by atoms with Crippen LogP contribution in [0, 0.1) is 0 Å². The van der Waals surface area contributed by atoms with Crippen molar-refractivity contribution in [3.05, 3.63) is 0 Å². The standard InChI is InChI=1S/C3H6O2.2CH3.Sn/c4-2-1-3-5;;;/h1-3H2;2*1H3;/q-2;;;+2. The first kappa shape index (κ1) is 6.83. The third-order valence-corrected chi connectivity index (χ3v) is 6.32. The summed E-state index contributed by atoms with van der Waals surface area (Å²) in [6, 6.07) is 0. The van der Waals surface area contributed by atoms with E-state index in [4.69, 9.17) is 6.15 Å². The second-order valence-corrected chi connectivity index (χ2v) is 12.1. The summed E-state index contributed by atoms with van der Waals surface area (Å²) in [5, 5.41) is 0. The molecule has 0 saturated carbocycles. The zero-order valence-electron chi connectivity index (χ0n) is 5.44. The molecule has 1 saturated heterocycles. The van der Waals surface area contributed by atoms with Crippen molar-refractivity contribution in [2.24, 2.45) is 0 Å². The molecule has 2 nitrogen and oxygen atoms in total. The zero-order chi connectivity index (χ0) is 6.04. The molecule has 0 aromatic rings. The number of hydrogen-bond donors (Lipinski definition) is 0. The molecule has 1 aliphatic heterocycles. The molecule has 0 radical (unpaired) electrons. The van der Waals surface area contributed by atoms with E-state index in [1.165, 1.54) is 0 Å². The van der Waals surface area contributed by atoms with Gasteiger partial charge in [0.2, 0.25) is 0 Å². The van der Waals surface area contributed by atoms with E-state index in [2.05, 4.69) is 9.88 Å². The summed E-state index contributed by atoms with van der Waals surface area (Å²) in [5.74, 6) is 0. The Balaban J connectivity index is 2.33. The third kappa shape index (κ3) is 1.91. The predicted molar refractivity (Wildman–Crippen MR) is 34.0 cm³/mol. The summed E-state index contributed by atoms with van der Waals surface area (Å²) in [6.45, 7) is 1.87. The van der Waals surface area contributed by atoms with E-state index >= 15 is 0 Å². The first-order valence-corrected chi connectivity index (χ1v) is 11.0. The Hall–Kier alpha value is 0.719. The Labute approximate surface area is 55.1 Å². The van der Waals surface area contributed by atoms with Crippen LogP contribution in [0.2, 0.25) is 9.88 Å². The molecule has 8 heavy (non-hydrogen) atoms. The monoisotopic (exact) mass is 224 g/mol. The molecule has 0 aliphatic carbocycles. The van der Waals surface area contributed by atoms with Gasteiger partial charge in [-0.15, -0.1) is 0 Å². The summed E-state index contributed by atoms with van der Waals surface area (Å²) in [6.07, 6.45) is 1.08. The maximum absolute atomic E-state index is 5.45. The van der Waals surface area contributed by atoms with Gasteiger partial charge in [-0.1, -0.05) is 0 Å². The molecule has 1 fully saturated rings. The molecule has 0 amide bonds. The van der Waals surface area contributed by atoms with Gasteiger partial charge in [0.15, 0.2) is 0 Å². The van der Waals surface area contributed by atoms with Crippen LogP contribution in [-0.2, 0) is 6.15 Å². The zero-order valence-corrected chi connectivity index (χ0v) is 8.29. The van der Waals surface area contributed by atoms with E-state index in [0.29, 0.717) is 0 Å². The van der Waals surface area contributed by atoms with Crippen molar-refractivity contribution in [1.82, 2.24) is 0 Å². The van der Waals surface area contributed by atoms with Crippen molar-refractivity contribution >= 4 is 19.2 Å². The van der Waals surface area contributed by atoms with Crippen molar-refractivity contribution in [3.8, 4) is 0 Å². The Kier molecular flexibility index (Phi) is 2.17. The Morgan fingerprint density at radius 3 is 1.88 bits per heavy atom. The van der Waals surface area contributed by atoms with Gasteiger partial charge in [-0.05, 0) is 0 Å². The molecule has 0 aromatic carbocycles. The molecule has 3 heteroatoms. The first-order chi connectivity index (χ1) is 3.71. The third-order valence-electron chi connectivity index (χ3n) is 1.19. The molecule has 0 bridgehead atoms. The second-order valence-electron chi connectivity index (χ2n) is 2.45. The van der Waals surface area contributed by atoms with Gasteiger partial charge in [0.05, 0.1) is 0 Å². The second kappa shape index (κ2) is 2.54. The van der Waals surface area contributed by atoms with Gasteiger partial charge >= 0.3 is 54.9 Å². The van der Waals surface area contributed by atoms with Gasteiger partial charge in [-0.3, -0.25) is 0 Å². The van der Waals surface area contributed by atoms with Gasteiger partial charge < -0.3 is 0 Å². The van der Waals surface area contributed by atoms with Crippen LogP contribution in [-0.4, -0.2) is 32.4 Å². The molecule has 1 rings (SSSR count). The van der Waals surface area contributed by atoms with E-state index in [-0.39, 0.29) is 0 Å². The van der Waals surface area contributed by atoms with E-state index in [1.54, 1.807) is 0 Å². The molecule has 0 N–H and O–H groups in total. The normalized spacial score (nSPS) is 27.8. The van der Waals surface area contributed by atoms with Crippen LogP contribution in [0.3, 0.4) is 0 Å². The summed E-state index contributed by atoms with van der Waals surface area (Å²) < 4.78 is 10.9. The Morgan fingerprint density at radius 2 is 1.62 bits per heavy atom. The first-order valence-electron chi connectivity index (χ1n) is 2.99. The molecule has 0 atom stereocenters. The number of rotatable bonds is 0. The predicted octanol–water partition coefficient (Wildman–Crippen LogP) is 1.13. The van der Waals surface area contributed by atoms with Crippen molar-refractivity contribution in [1.29, 1.82) is 0 Å². The van der Waals surface area contributed by atoms with Gasteiger partial charge in [0.25, 0.3) is 0 Å². The SMILES string of the molecule is [CH3][Sn]1([CH3])[O]CCC[O]1. The molecule has 0 aromatic heterocycles. The average molecular weight is 223 g/mol. The van der Waals surface area contributed by atoms with Gasteiger partial charge in [0, 0.05) is 0 Å². The summed E-state index contributed by atoms with van der Waals surface area (Å²) in [5.41, 5.74) is 0. The fourth-order valence-corrected chi connectivity index (χ4v) is 4.60. The maximum atomic E-state index is 5.45. The molecular formula is C5H12O2Sn. The van der Waals surface area contributed by atoms with Crippen molar-refractivity contribution in [2.45, 2.75) is 16.3 Å². The van der Waals surface area contributed by atoms with Crippen LogP contribution in [0.5, 0.6) is 0 Å². The summed E-state index contributed by atoms with van der Waals surface area (Å²) in [4.78, 5) is 4.29. The molecule has 1 aliphatic rings. The van der Waals surface area contributed by atoms with Crippen LogP contribution in [0.1, 0.15) is 6.42 Å². The van der Waals surface area contributed by atoms with Crippen LogP contribution in [0.25, 0.3) is 0 Å². The topological polar surface area (TPSA) is 18.5 Å². The molecule has 0 unspecified atom stereocenters. The Morgan fingerprint density at radius 1 is 1.12 bits per heavy atom. The van der Waals surface area contributed by atoms with E-state index in [1.807, 2.05) is 0 Å². The van der Waals surface area contributed by atoms with Crippen molar-refractivity contribution in [2.75, 3.05) is 13.2 Å². The average Bonchev–Trinajstić information content (AvgIpc) is 1.65. The van der Waals surface area contributed by atoms with Crippen LogP contribution in [0.15, 0.2) is 0 Å².